The van der Waals surface area contributed by atoms with E-state index < -0.39 is 11.9 Å². The lowest BCUT2D eigenvalue weighted by Gasteiger charge is -2.13. The molecule has 0 unspecified atom stereocenters. The normalized spacial score (nSPS) is 11.5. The number of pyridine rings is 1. The Morgan fingerprint density at radius 1 is 1.38 bits per heavy atom. The smallest absolute Gasteiger partial charge is 0.389 e. The highest BCUT2D eigenvalue weighted by molar-refractivity contribution is 7.80. The highest BCUT2D eigenvalue weighted by Crippen LogP contribution is 2.30. The second kappa shape index (κ2) is 5.32. The number of alkyl halides is 3. The molecule has 0 bridgehead atoms. The molecule has 0 spiro atoms. The van der Waals surface area contributed by atoms with Gasteiger partial charge in [-0.2, -0.15) is 18.3 Å². The van der Waals surface area contributed by atoms with Gasteiger partial charge in [0.2, 0.25) is 0 Å². The number of nitrogens with two attached hydrogens (primary N) is 1. The van der Waals surface area contributed by atoms with Crippen molar-refractivity contribution in [1.82, 2.24) is 14.8 Å². The number of nitrogens with zero attached hydrogens (tertiary/aromatic N) is 3. The summed E-state index contributed by atoms with van der Waals surface area (Å²) >= 11 is 4.84. The summed E-state index contributed by atoms with van der Waals surface area (Å²) in [5.74, 6) is -0.0478. The van der Waals surface area contributed by atoms with E-state index in [1.54, 1.807) is 20.2 Å². The predicted octanol–water partition coefficient (Wildman–Crippen LogP) is 2.52. The molecule has 21 heavy (non-hydrogen) atoms. The summed E-state index contributed by atoms with van der Waals surface area (Å²) < 4.78 is 39.8. The van der Waals surface area contributed by atoms with E-state index in [4.69, 9.17) is 18.0 Å². The van der Waals surface area contributed by atoms with Crippen LogP contribution in [0, 0.1) is 6.92 Å². The van der Waals surface area contributed by atoms with Crippen molar-refractivity contribution in [3.05, 3.63) is 35.3 Å². The molecule has 2 heterocycles. The summed E-state index contributed by atoms with van der Waals surface area (Å²) in [6.07, 6.45) is -2.92. The van der Waals surface area contributed by atoms with Gasteiger partial charge in [0.15, 0.2) is 0 Å². The van der Waals surface area contributed by atoms with Crippen LogP contribution in [0.4, 0.5) is 24.7 Å². The lowest BCUT2D eigenvalue weighted by atomic mass is 10.2. The topological polar surface area (TPSA) is 68.8 Å². The molecule has 0 saturated carbocycles. The number of hydrogen-bond donors (Lipinski definition) is 2. The summed E-state index contributed by atoms with van der Waals surface area (Å²) in [4.78, 5) is 3.53. The molecule has 112 valence electrons. The van der Waals surface area contributed by atoms with Crippen LogP contribution in [0.25, 0.3) is 0 Å². The van der Waals surface area contributed by atoms with Crippen LogP contribution in [0.3, 0.4) is 0 Å². The Morgan fingerprint density at radius 3 is 2.52 bits per heavy atom. The van der Waals surface area contributed by atoms with Crippen LogP contribution in [0.2, 0.25) is 0 Å². The molecule has 0 aromatic carbocycles. The van der Waals surface area contributed by atoms with E-state index >= 15 is 0 Å². The second-order valence-electron chi connectivity index (χ2n) is 4.38. The SMILES string of the molecule is Cc1nn(C)cc1Nc1nc(C(F)(F)F)ccc1C(N)=S. The standard InChI is InChI=1S/C12H12F3N5S/c1-6-8(5-20(2)19-6)17-11-7(10(16)21)3-4-9(18-11)12(13,14)15/h3-5H,1-2H3,(H2,16,21)(H,17,18). The third-order valence-corrected chi connectivity index (χ3v) is 2.94. The monoisotopic (exact) mass is 315 g/mol. The van der Waals surface area contributed by atoms with Crippen molar-refractivity contribution in [2.24, 2.45) is 12.8 Å². The summed E-state index contributed by atoms with van der Waals surface area (Å²) in [7, 11) is 1.70. The van der Waals surface area contributed by atoms with Crippen molar-refractivity contribution < 1.29 is 13.2 Å². The van der Waals surface area contributed by atoms with Gasteiger partial charge in [-0.05, 0) is 19.1 Å². The van der Waals surface area contributed by atoms with E-state index in [2.05, 4.69) is 15.4 Å². The van der Waals surface area contributed by atoms with E-state index in [1.165, 1.54) is 10.7 Å². The Bertz CT molecular complexity index is 693. The number of hydrogen-bond acceptors (Lipinski definition) is 4. The molecule has 2 rings (SSSR count). The van der Waals surface area contributed by atoms with E-state index in [-0.39, 0.29) is 16.4 Å². The van der Waals surface area contributed by atoms with Crippen LogP contribution in [-0.4, -0.2) is 19.8 Å². The minimum absolute atomic E-state index is 0.0414. The number of rotatable bonds is 3. The first-order valence-corrected chi connectivity index (χ1v) is 6.24. The summed E-state index contributed by atoms with van der Waals surface area (Å²) in [5.41, 5.74) is 5.88. The lowest BCUT2D eigenvalue weighted by Crippen LogP contribution is -2.16. The Kier molecular flexibility index (Phi) is 3.86. The van der Waals surface area contributed by atoms with Crippen LogP contribution < -0.4 is 11.1 Å². The van der Waals surface area contributed by atoms with Crippen LogP contribution in [0.1, 0.15) is 17.0 Å². The quantitative estimate of drug-likeness (QED) is 0.852. The number of anilines is 2. The van der Waals surface area contributed by atoms with Crippen molar-refractivity contribution in [3.8, 4) is 0 Å². The molecule has 3 N–H and O–H groups in total. The van der Waals surface area contributed by atoms with E-state index in [0.717, 1.165) is 6.07 Å². The highest BCUT2D eigenvalue weighted by atomic mass is 32.1. The van der Waals surface area contributed by atoms with Crippen LogP contribution in [0.5, 0.6) is 0 Å². The minimum atomic E-state index is -4.55. The predicted molar refractivity (Wildman–Crippen MR) is 76.4 cm³/mol. The fourth-order valence-corrected chi connectivity index (χ4v) is 1.93. The number of halogens is 3. The maximum Gasteiger partial charge on any atom is 0.433 e. The van der Waals surface area contributed by atoms with Gasteiger partial charge < -0.3 is 11.1 Å². The van der Waals surface area contributed by atoms with Crippen molar-refractivity contribution in [1.29, 1.82) is 0 Å². The average molecular weight is 315 g/mol. The minimum Gasteiger partial charge on any atom is -0.389 e. The molecule has 5 nitrogen and oxygen atoms in total. The maximum atomic E-state index is 12.8. The Morgan fingerprint density at radius 2 is 2.05 bits per heavy atom. The van der Waals surface area contributed by atoms with Gasteiger partial charge in [0.1, 0.15) is 16.5 Å². The van der Waals surface area contributed by atoms with Gasteiger partial charge in [-0.1, -0.05) is 12.2 Å². The Hall–Kier alpha value is -2.16. The summed E-state index contributed by atoms with van der Waals surface area (Å²) in [5, 5.41) is 6.89. The molecule has 2 aromatic heterocycles. The summed E-state index contributed by atoms with van der Waals surface area (Å²) in [6, 6.07) is 2.04. The van der Waals surface area contributed by atoms with Gasteiger partial charge in [0.05, 0.1) is 16.9 Å². The van der Waals surface area contributed by atoms with Gasteiger partial charge in [-0.3, -0.25) is 4.68 Å². The Balaban J connectivity index is 2.49. The zero-order valence-corrected chi connectivity index (χ0v) is 12.0. The zero-order valence-electron chi connectivity index (χ0n) is 11.2. The number of aryl methyl sites for hydroxylation is 2. The van der Waals surface area contributed by atoms with Crippen molar-refractivity contribution in [2.45, 2.75) is 13.1 Å². The summed E-state index contributed by atoms with van der Waals surface area (Å²) in [6.45, 7) is 1.72. The van der Waals surface area contributed by atoms with Gasteiger partial charge in [0, 0.05) is 13.2 Å². The van der Waals surface area contributed by atoms with E-state index in [1.807, 2.05) is 0 Å². The van der Waals surface area contributed by atoms with Crippen LogP contribution in [-0.2, 0) is 13.2 Å². The first-order chi connectivity index (χ1) is 9.68. The van der Waals surface area contributed by atoms with E-state index in [9.17, 15) is 13.2 Å². The molecule has 0 aliphatic heterocycles. The fraction of sp³-hybridized carbons (Fsp3) is 0.250. The zero-order chi connectivity index (χ0) is 15.8. The number of aromatic nitrogens is 3. The third-order valence-electron chi connectivity index (χ3n) is 2.72. The molecule has 0 aliphatic carbocycles. The molecular weight excluding hydrogens is 303 g/mol. The first kappa shape index (κ1) is 15.2. The molecule has 0 fully saturated rings. The highest BCUT2D eigenvalue weighted by Gasteiger charge is 2.33. The van der Waals surface area contributed by atoms with Gasteiger partial charge in [-0.25, -0.2) is 4.98 Å². The van der Waals surface area contributed by atoms with Gasteiger partial charge in [-0.15, -0.1) is 0 Å². The molecule has 9 heteroatoms. The van der Waals surface area contributed by atoms with Gasteiger partial charge in [0.25, 0.3) is 0 Å². The molecule has 0 atom stereocenters. The van der Waals surface area contributed by atoms with Crippen LogP contribution in [0.15, 0.2) is 18.3 Å². The number of nitrogens with one attached hydrogen (secondary N) is 1. The maximum absolute atomic E-state index is 12.8. The number of thiocarbonyl (C=S) groups is 1. The van der Waals surface area contributed by atoms with E-state index in [0.29, 0.717) is 11.4 Å². The molecule has 0 saturated heterocycles. The largest absolute Gasteiger partial charge is 0.433 e. The molecule has 0 radical (unpaired) electrons. The Labute approximate surface area is 124 Å². The lowest BCUT2D eigenvalue weighted by molar-refractivity contribution is -0.141. The van der Waals surface area contributed by atoms with Gasteiger partial charge >= 0.3 is 6.18 Å². The third kappa shape index (κ3) is 3.30. The fourth-order valence-electron chi connectivity index (χ4n) is 1.76. The van der Waals surface area contributed by atoms with Crippen molar-refractivity contribution in [2.75, 3.05) is 5.32 Å². The average Bonchev–Trinajstić information content (AvgIpc) is 2.66. The van der Waals surface area contributed by atoms with Crippen LogP contribution >= 0.6 is 12.2 Å². The second-order valence-corrected chi connectivity index (χ2v) is 4.82. The first-order valence-electron chi connectivity index (χ1n) is 5.84. The molecule has 0 aliphatic rings. The van der Waals surface area contributed by atoms with Crippen molar-refractivity contribution in [3.63, 3.8) is 0 Å². The molecular formula is C12H12F3N5S. The molecule has 2 aromatic rings. The molecule has 0 amide bonds. The van der Waals surface area contributed by atoms with Crippen molar-refractivity contribution >= 4 is 28.7 Å².